The van der Waals surface area contributed by atoms with Crippen molar-refractivity contribution in [3.63, 3.8) is 0 Å². The van der Waals surface area contributed by atoms with Crippen LogP contribution < -0.4 is 8.92 Å². The normalized spacial score (nSPS) is 11.9. The second-order valence-corrected chi connectivity index (χ2v) is 9.48. The van der Waals surface area contributed by atoms with Crippen molar-refractivity contribution in [1.29, 1.82) is 0 Å². The second-order valence-electron chi connectivity index (χ2n) is 7.94. The number of hydrogen-bond donors (Lipinski definition) is 0. The summed E-state index contributed by atoms with van der Waals surface area (Å²) in [5.41, 5.74) is -0.153. The smallest absolute Gasteiger partial charge is 0.416 e. The van der Waals surface area contributed by atoms with Crippen molar-refractivity contribution in [3.05, 3.63) is 89.5 Å². The van der Waals surface area contributed by atoms with E-state index in [0.29, 0.717) is 22.9 Å². The van der Waals surface area contributed by atoms with Gasteiger partial charge in [0.25, 0.3) is 5.91 Å². The number of alkyl halides is 3. The Kier molecular flexibility index (Phi) is 7.74. The molecule has 0 fully saturated rings. The summed E-state index contributed by atoms with van der Waals surface area (Å²) in [6.45, 7) is 3.81. The van der Waals surface area contributed by atoms with E-state index in [9.17, 15) is 26.4 Å². The molecule has 0 spiro atoms. The first-order chi connectivity index (χ1) is 16.4. The third-order valence-corrected chi connectivity index (χ3v) is 6.37. The number of nitrogens with zero attached hydrogens (tertiary/aromatic N) is 1. The fourth-order valence-corrected chi connectivity index (χ4v) is 4.33. The molecule has 6 nitrogen and oxygen atoms in total. The molecule has 3 aromatic carbocycles. The van der Waals surface area contributed by atoms with E-state index in [1.165, 1.54) is 19.2 Å². The maximum atomic E-state index is 13.2. The Morgan fingerprint density at radius 1 is 0.971 bits per heavy atom. The molecule has 0 radical (unpaired) electrons. The zero-order valence-electron chi connectivity index (χ0n) is 19.2. The molecule has 35 heavy (non-hydrogen) atoms. The van der Waals surface area contributed by atoms with Gasteiger partial charge in [-0.25, -0.2) is 0 Å². The lowest BCUT2D eigenvalue weighted by atomic mass is 10.1. The fraction of sp³-hybridized carbons (Fsp3) is 0.240. The van der Waals surface area contributed by atoms with Gasteiger partial charge in [-0.3, -0.25) is 4.79 Å². The molecule has 3 aromatic rings. The largest absolute Gasteiger partial charge is 0.496 e. The molecule has 0 atom stereocenters. The van der Waals surface area contributed by atoms with Gasteiger partial charge < -0.3 is 13.8 Å². The van der Waals surface area contributed by atoms with E-state index >= 15 is 0 Å². The fourth-order valence-electron chi connectivity index (χ4n) is 3.36. The number of halogens is 3. The first-order valence-electron chi connectivity index (χ1n) is 10.6. The highest BCUT2D eigenvalue weighted by molar-refractivity contribution is 7.87. The molecule has 186 valence electrons. The Morgan fingerprint density at radius 2 is 1.66 bits per heavy atom. The van der Waals surface area contributed by atoms with Gasteiger partial charge in [-0.05, 0) is 61.9 Å². The minimum Gasteiger partial charge on any atom is -0.496 e. The molecular weight excluding hydrogens is 483 g/mol. The van der Waals surface area contributed by atoms with Crippen LogP contribution >= 0.6 is 0 Å². The van der Waals surface area contributed by atoms with Crippen molar-refractivity contribution >= 4 is 16.0 Å². The maximum absolute atomic E-state index is 13.2. The lowest BCUT2D eigenvalue weighted by Gasteiger charge is -2.27. The molecule has 0 saturated carbocycles. The molecule has 0 aliphatic rings. The Labute approximate surface area is 202 Å². The number of carbonyl (C=O) groups is 1. The van der Waals surface area contributed by atoms with Crippen molar-refractivity contribution in [3.8, 4) is 11.5 Å². The molecule has 0 aliphatic heterocycles. The Bertz CT molecular complexity index is 1310. The topological polar surface area (TPSA) is 72.9 Å². The van der Waals surface area contributed by atoms with Crippen LogP contribution in [0, 0.1) is 0 Å². The van der Waals surface area contributed by atoms with Gasteiger partial charge in [-0.1, -0.05) is 30.3 Å². The monoisotopic (exact) mass is 507 g/mol. The molecule has 3 rings (SSSR count). The summed E-state index contributed by atoms with van der Waals surface area (Å²) in [7, 11) is -3.05. The summed E-state index contributed by atoms with van der Waals surface area (Å²) in [5.74, 6) is 0.0566. The molecule has 0 aliphatic carbocycles. The van der Waals surface area contributed by atoms with Gasteiger partial charge >= 0.3 is 16.3 Å². The van der Waals surface area contributed by atoms with E-state index in [2.05, 4.69) is 0 Å². The van der Waals surface area contributed by atoms with Gasteiger partial charge in [0.1, 0.15) is 16.4 Å². The number of para-hydroxylation sites is 1. The van der Waals surface area contributed by atoms with Crippen LogP contribution in [-0.4, -0.2) is 32.4 Å². The van der Waals surface area contributed by atoms with Gasteiger partial charge in [0.15, 0.2) is 0 Å². The maximum Gasteiger partial charge on any atom is 0.416 e. The van der Waals surface area contributed by atoms with Crippen LogP contribution in [0.1, 0.15) is 35.3 Å². The van der Waals surface area contributed by atoms with E-state index in [4.69, 9.17) is 8.92 Å². The molecule has 0 aromatic heterocycles. The molecule has 0 bridgehead atoms. The number of ether oxygens (including phenoxy) is 1. The summed E-state index contributed by atoms with van der Waals surface area (Å²) >= 11 is 0. The lowest BCUT2D eigenvalue weighted by molar-refractivity contribution is -0.137. The van der Waals surface area contributed by atoms with Gasteiger partial charge in [0.05, 0.1) is 18.2 Å². The molecule has 0 saturated heterocycles. The summed E-state index contributed by atoms with van der Waals surface area (Å²) in [4.78, 5) is 14.2. The number of hydrogen-bond acceptors (Lipinski definition) is 5. The van der Waals surface area contributed by atoms with Crippen molar-refractivity contribution in [2.24, 2.45) is 0 Å². The third-order valence-electron chi connectivity index (χ3n) is 5.13. The van der Waals surface area contributed by atoms with Crippen LogP contribution in [0.5, 0.6) is 11.5 Å². The average Bonchev–Trinajstić information content (AvgIpc) is 2.81. The number of methoxy groups -OCH3 is 1. The van der Waals surface area contributed by atoms with Crippen molar-refractivity contribution in [2.75, 3.05) is 7.11 Å². The van der Waals surface area contributed by atoms with Crippen LogP contribution in [-0.2, 0) is 22.8 Å². The molecule has 0 N–H and O–H groups in total. The van der Waals surface area contributed by atoms with Crippen LogP contribution in [0.15, 0.2) is 77.7 Å². The number of benzene rings is 3. The molecule has 0 unspecified atom stereocenters. The first kappa shape index (κ1) is 26.1. The van der Waals surface area contributed by atoms with Gasteiger partial charge in [0.2, 0.25) is 0 Å². The third kappa shape index (κ3) is 6.33. The van der Waals surface area contributed by atoms with Gasteiger partial charge in [-0.2, -0.15) is 21.6 Å². The SMILES string of the molecule is COc1ccccc1C(=O)N(Cc1cccc(OS(=O)(=O)c2cccc(C(F)(F)F)c2)c1)C(C)C. The standard InChI is InChI=1S/C25H24F3NO5S/c1-17(2)29(24(30)22-12-4-5-13-23(22)33-3)16-18-8-6-10-20(14-18)34-35(31,32)21-11-7-9-19(15-21)25(26,27)28/h4-15,17H,16H2,1-3H3. The Morgan fingerprint density at radius 3 is 2.31 bits per heavy atom. The first-order valence-corrected chi connectivity index (χ1v) is 12.0. The van der Waals surface area contributed by atoms with Crippen molar-refractivity contribution in [2.45, 2.75) is 37.5 Å². The molecule has 10 heteroatoms. The van der Waals surface area contributed by atoms with Gasteiger partial charge in [0, 0.05) is 12.6 Å². The highest BCUT2D eigenvalue weighted by Gasteiger charge is 2.32. The van der Waals surface area contributed by atoms with Gasteiger partial charge in [-0.15, -0.1) is 0 Å². The van der Waals surface area contributed by atoms with Crippen LogP contribution in [0.4, 0.5) is 13.2 Å². The minimum atomic E-state index is -4.69. The van der Waals surface area contributed by atoms with Crippen molar-refractivity contribution < 1.29 is 35.3 Å². The average molecular weight is 508 g/mol. The second kappa shape index (κ2) is 10.4. The summed E-state index contributed by atoms with van der Waals surface area (Å²) in [6.07, 6.45) is -4.69. The Balaban J connectivity index is 1.85. The van der Waals surface area contributed by atoms with E-state index in [1.54, 1.807) is 41.3 Å². The highest BCUT2D eigenvalue weighted by atomic mass is 32.2. The summed E-state index contributed by atoms with van der Waals surface area (Å²) < 4.78 is 74.6. The van der Waals surface area contributed by atoms with Crippen LogP contribution in [0.25, 0.3) is 0 Å². The predicted octanol–water partition coefficient (Wildman–Crippen LogP) is 5.53. The zero-order chi connectivity index (χ0) is 25.8. The molecule has 0 heterocycles. The van der Waals surface area contributed by atoms with Crippen molar-refractivity contribution in [1.82, 2.24) is 4.90 Å². The highest BCUT2D eigenvalue weighted by Crippen LogP contribution is 2.31. The van der Waals surface area contributed by atoms with Crippen LogP contribution in [0.2, 0.25) is 0 Å². The number of rotatable bonds is 8. The van der Waals surface area contributed by atoms with E-state index in [-0.39, 0.29) is 24.2 Å². The minimum absolute atomic E-state index is 0.0895. The predicted molar refractivity (Wildman–Crippen MR) is 124 cm³/mol. The van der Waals surface area contributed by atoms with Crippen LogP contribution in [0.3, 0.4) is 0 Å². The summed E-state index contributed by atoms with van der Waals surface area (Å²) in [5, 5.41) is 0. The zero-order valence-corrected chi connectivity index (χ0v) is 20.1. The van der Waals surface area contributed by atoms with E-state index < -0.39 is 26.8 Å². The lowest BCUT2D eigenvalue weighted by Crippen LogP contribution is -2.36. The molecule has 1 amide bonds. The van der Waals surface area contributed by atoms with E-state index in [1.807, 2.05) is 13.8 Å². The molecular formula is C25H24F3NO5S. The van der Waals surface area contributed by atoms with E-state index in [0.717, 1.165) is 18.2 Å². The number of amides is 1. The Hall–Kier alpha value is -3.53. The number of carbonyl (C=O) groups excluding carboxylic acids is 1. The summed E-state index contributed by atoms with van der Waals surface area (Å²) in [6, 6.07) is 16.0. The quantitative estimate of drug-likeness (QED) is 0.375.